The molecule has 2 aromatic rings. The molecule has 0 amide bonds. The topological polar surface area (TPSA) is 60.1 Å². The van der Waals surface area contributed by atoms with Crippen molar-refractivity contribution in [3.63, 3.8) is 0 Å². The van der Waals surface area contributed by atoms with Crippen molar-refractivity contribution in [1.82, 2.24) is 24.8 Å². The Morgan fingerprint density at radius 1 is 1.18 bits per heavy atom. The summed E-state index contributed by atoms with van der Waals surface area (Å²) in [5.74, 6) is 0.935. The maximum absolute atomic E-state index is 4.36. The highest BCUT2D eigenvalue weighted by molar-refractivity contribution is 5.87. The molecule has 3 rings (SSSR count). The predicted octanol–water partition coefficient (Wildman–Crippen LogP) is 1.71. The van der Waals surface area contributed by atoms with Gasteiger partial charge in [0.2, 0.25) is 0 Å². The van der Waals surface area contributed by atoms with Crippen LogP contribution in [0, 0.1) is 6.92 Å². The van der Waals surface area contributed by atoms with E-state index in [9.17, 15) is 0 Å². The number of nitrogens with zero attached hydrogens (tertiary/aromatic N) is 4. The lowest BCUT2D eigenvalue weighted by atomic mass is 10.3. The summed E-state index contributed by atoms with van der Waals surface area (Å²) in [6.07, 6.45) is 2.76. The van der Waals surface area contributed by atoms with Crippen molar-refractivity contribution in [2.24, 2.45) is 0 Å². The molecule has 0 radical (unpaired) electrons. The number of anilines is 1. The standard InChI is InChI=1S/C16H26N6/c1-3-21-7-9-22(10-8-21)6-4-5-17-15-14-11-13(2)20-16(14)19-12-18-15/h11-12H,3-10H2,1-2H3,(H2,17,18,19,20). The van der Waals surface area contributed by atoms with E-state index in [2.05, 4.69) is 43.1 Å². The molecule has 0 unspecified atom stereocenters. The average molecular weight is 302 g/mol. The minimum Gasteiger partial charge on any atom is -0.369 e. The Hall–Kier alpha value is -1.66. The fourth-order valence-corrected chi connectivity index (χ4v) is 3.05. The third-order valence-electron chi connectivity index (χ3n) is 4.42. The van der Waals surface area contributed by atoms with Crippen LogP contribution in [0.1, 0.15) is 19.0 Å². The van der Waals surface area contributed by atoms with Crippen LogP contribution in [0.2, 0.25) is 0 Å². The molecule has 1 aliphatic heterocycles. The molecule has 2 aromatic heterocycles. The molecule has 120 valence electrons. The van der Waals surface area contributed by atoms with Crippen LogP contribution >= 0.6 is 0 Å². The summed E-state index contributed by atoms with van der Waals surface area (Å²) in [4.78, 5) is 16.9. The minimum atomic E-state index is 0.908. The van der Waals surface area contributed by atoms with Crippen LogP contribution in [0.4, 0.5) is 5.82 Å². The summed E-state index contributed by atoms with van der Waals surface area (Å²) >= 11 is 0. The molecule has 3 heterocycles. The lowest BCUT2D eigenvalue weighted by Gasteiger charge is -2.33. The van der Waals surface area contributed by atoms with Crippen LogP contribution in [0.15, 0.2) is 12.4 Å². The first-order valence-electron chi connectivity index (χ1n) is 8.25. The highest BCUT2D eigenvalue weighted by atomic mass is 15.3. The fraction of sp³-hybridized carbons (Fsp3) is 0.625. The Labute approximate surface area is 131 Å². The van der Waals surface area contributed by atoms with Crippen LogP contribution in [0.5, 0.6) is 0 Å². The first kappa shape index (κ1) is 15.2. The predicted molar refractivity (Wildman–Crippen MR) is 90.3 cm³/mol. The van der Waals surface area contributed by atoms with E-state index in [-0.39, 0.29) is 0 Å². The third kappa shape index (κ3) is 3.56. The number of hydrogen-bond donors (Lipinski definition) is 2. The van der Waals surface area contributed by atoms with Gasteiger partial charge in [-0.3, -0.25) is 0 Å². The highest BCUT2D eigenvalue weighted by Crippen LogP contribution is 2.19. The van der Waals surface area contributed by atoms with Gasteiger partial charge < -0.3 is 20.1 Å². The van der Waals surface area contributed by atoms with E-state index in [1.807, 2.05) is 6.92 Å². The second kappa shape index (κ2) is 7.07. The first-order chi connectivity index (χ1) is 10.8. The maximum atomic E-state index is 4.36. The van der Waals surface area contributed by atoms with Crippen molar-refractivity contribution in [2.75, 3.05) is 51.1 Å². The van der Waals surface area contributed by atoms with Crippen molar-refractivity contribution in [3.05, 3.63) is 18.1 Å². The van der Waals surface area contributed by atoms with Crippen LogP contribution in [0.25, 0.3) is 11.0 Å². The lowest BCUT2D eigenvalue weighted by molar-refractivity contribution is 0.137. The van der Waals surface area contributed by atoms with Gasteiger partial charge in [0, 0.05) is 38.4 Å². The lowest BCUT2D eigenvalue weighted by Crippen LogP contribution is -2.46. The molecule has 0 aliphatic carbocycles. The molecule has 1 aliphatic rings. The van der Waals surface area contributed by atoms with Crippen LogP contribution in [-0.4, -0.2) is 70.6 Å². The average Bonchev–Trinajstić information content (AvgIpc) is 2.93. The number of aryl methyl sites for hydroxylation is 1. The molecule has 6 nitrogen and oxygen atoms in total. The molecule has 0 bridgehead atoms. The van der Waals surface area contributed by atoms with Gasteiger partial charge in [-0.05, 0) is 32.5 Å². The summed E-state index contributed by atoms with van der Waals surface area (Å²) in [5.41, 5.74) is 2.03. The molecule has 0 atom stereocenters. The quantitative estimate of drug-likeness (QED) is 0.796. The molecule has 6 heteroatoms. The summed E-state index contributed by atoms with van der Waals surface area (Å²) in [6.45, 7) is 12.4. The van der Waals surface area contributed by atoms with Gasteiger partial charge in [0.05, 0.1) is 5.39 Å². The molecular weight excluding hydrogens is 276 g/mol. The molecule has 1 saturated heterocycles. The number of likely N-dealkylation sites (N-methyl/N-ethyl adjacent to an activating group) is 1. The number of hydrogen-bond acceptors (Lipinski definition) is 5. The zero-order chi connectivity index (χ0) is 15.4. The number of H-pyrrole nitrogens is 1. The van der Waals surface area contributed by atoms with Crippen LogP contribution < -0.4 is 5.32 Å². The fourth-order valence-electron chi connectivity index (χ4n) is 3.05. The Morgan fingerprint density at radius 3 is 2.73 bits per heavy atom. The summed E-state index contributed by atoms with van der Waals surface area (Å²) in [6, 6.07) is 2.10. The van der Waals surface area contributed by atoms with Gasteiger partial charge in [0.1, 0.15) is 17.8 Å². The molecular formula is C16H26N6. The van der Waals surface area contributed by atoms with E-state index in [1.165, 1.54) is 32.7 Å². The number of piperazine rings is 1. The molecule has 1 fully saturated rings. The summed E-state index contributed by atoms with van der Waals surface area (Å²) in [5, 5.41) is 4.53. The van der Waals surface area contributed by atoms with Crippen molar-refractivity contribution < 1.29 is 0 Å². The van der Waals surface area contributed by atoms with Gasteiger partial charge in [0.25, 0.3) is 0 Å². The number of nitrogens with one attached hydrogen (secondary N) is 2. The van der Waals surface area contributed by atoms with Crippen molar-refractivity contribution in [1.29, 1.82) is 0 Å². The Kier molecular flexibility index (Phi) is 4.90. The zero-order valence-electron chi connectivity index (χ0n) is 13.6. The Bertz CT molecular complexity index is 600. The Balaban J connectivity index is 1.45. The van der Waals surface area contributed by atoms with Gasteiger partial charge >= 0.3 is 0 Å². The first-order valence-corrected chi connectivity index (χ1v) is 8.25. The number of rotatable bonds is 6. The zero-order valence-corrected chi connectivity index (χ0v) is 13.6. The summed E-state index contributed by atoms with van der Waals surface area (Å²) < 4.78 is 0. The SMILES string of the molecule is CCN1CCN(CCCNc2ncnc3[nH]c(C)cc23)CC1. The number of aromatic nitrogens is 3. The van der Waals surface area contributed by atoms with Gasteiger partial charge in [0.15, 0.2) is 0 Å². The second-order valence-electron chi connectivity index (χ2n) is 5.99. The third-order valence-corrected chi connectivity index (χ3v) is 4.42. The van der Waals surface area contributed by atoms with Crippen LogP contribution in [-0.2, 0) is 0 Å². The molecule has 0 saturated carbocycles. The molecule has 2 N–H and O–H groups in total. The van der Waals surface area contributed by atoms with Crippen molar-refractivity contribution in [2.45, 2.75) is 20.3 Å². The monoisotopic (exact) mass is 302 g/mol. The van der Waals surface area contributed by atoms with Crippen molar-refractivity contribution in [3.8, 4) is 0 Å². The Morgan fingerprint density at radius 2 is 1.95 bits per heavy atom. The minimum absolute atomic E-state index is 0.908. The van der Waals surface area contributed by atoms with Crippen molar-refractivity contribution >= 4 is 16.9 Å². The molecule has 22 heavy (non-hydrogen) atoms. The van der Waals surface area contributed by atoms with E-state index < -0.39 is 0 Å². The molecule has 0 aromatic carbocycles. The smallest absolute Gasteiger partial charge is 0.143 e. The van der Waals surface area contributed by atoms with E-state index >= 15 is 0 Å². The second-order valence-corrected chi connectivity index (χ2v) is 5.99. The van der Waals surface area contributed by atoms with Crippen LogP contribution in [0.3, 0.4) is 0 Å². The summed E-state index contributed by atoms with van der Waals surface area (Å²) in [7, 11) is 0. The van der Waals surface area contributed by atoms with Gasteiger partial charge in [-0.2, -0.15) is 0 Å². The van der Waals surface area contributed by atoms with E-state index in [4.69, 9.17) is 0 Å². The van der Waals surface area contributed by atoms with Gasteiger partial charge in [-0.25, -0.2) is 9.97 Å². The largest absolute Gasteiger partial charge is 0.369 e. The van der Waals surface area contributed by atoms with E-state index in [1.54, 1.807) is 6.33 Å². The normalized spacial score (nSPS) is 17.2. The number of aromatic amines is 1. The van der Waals surface area contributed by atoms with Gasteiger partial charge in [-0.15, -0.1) is 0 Å². The maximum Gasteiger partial charge on any atom is 0.143 e. The van der Waals surface area contributed by atoms with Gasteiger partial charge in [-0.1, -0.05) is 6.92 Å². The molecule has 0 spiro atoms. The number of fused-ring (bicyclic) bond motifs is 1. The van der Waals surface area contributed by atoms with E-state index in [0.717, 1.165) is 42.1 Å². The van der Waals surface area contributed by atoms with E-state index in [0.29, 0.717) is 0 Å². The highest BCUT2D eigenvalue weighted by Gasteiger charge is 2.14.